The van der Waals surface area contributed by atoms with E-state index in [9.17, 15) is 10.1 Å². The molecule has 7 heteroatoms. The van der Waals surface area contributed by atoms with Crippen LogP contribution in [0.2, 0.25) is 0 Å². The highest BCUT2D eigenvalue weighted by atomic mass is 16.6. The van der Waals surface area contributed by atoms with Crippen molar-refractivity contribution in [3.8, 4) is 11.5 Å². The second-order valence-corrected chi connectivity index (χ2v) is 6.28. The molecule has 0 fully saturated rings. The van der Waals surface area contributed by atoms with Gasteiger partial charge in [0.25, 0.3) is 0 Å². The highest BCUT2D eigenvalue weighted by Crippen LogP contribution is 2.55. The third kappa shape index (κ3) is 2.12. The smallest absolute Gasteiger partial charge is 0.378 e. The summed E-state index contributed by atoms with van der Waals surface area (Å²) in [4.78, 5) is 11.8. The van der Waals surface area contributed by atoms with Gasteiger partial charge in [0.1, 0.15) is 17.4 Å². The number of rotatable bonds is 3. The molecule has 128 valence electrons. The Morgan fingerprint density at radius 3 is 2.60 bits per heavy atom. The summed E-state index contributed by atoms with van der Waals surface area (Å²) in [7, 11) is 1.57. The third-order valence-corrected chi connectivity index (χ3v) is 4.94. The summed E-state index contributed by atoms with van der Waals surface area (Å²) in [6.07, 6.45) is -0.859. The van der Waals surface area contributed by atoms with E-state index in [4.69, 9.17) is 9.47 Å². The number of hydrogen-bond acceptors (Lipinski definition) is 6. The van der Waals surface area contributed by atoms with E-state index in [1.165, 1.54) is 0 Å². The fraction of sp³-hybridized carbons (Fsp3) is 0.333. The Hall–Kier alpha value is -2.96. The quantitative estimate of drug-likeness (QED) is 0.629. The molecule has 0 saturated carbocycles. The van der Waals surface area contributed by atoms with Gasteiger partial charge in [0.15, 0.2) is 0 Å². The lowest BCUT2D eigenvalue weighted by Gasteiger charge is -2.38. The number of ether oxygens (including phenoxy) is 2. The van der Waals surface area contributed by atoms with Gasteiger partial charge in [0, 0.05) is 11.1 Å². The van der Waals surface area contributed by atoms with E-state index in [1.54, 1.807) is 31.4 Å². The van der Waals surface area contributed by atoms with E-state index >= 15 is 0 Å². The van der Waals surface area contributed by atoms with Crippen LogP contribution in [0.3, 0.4) is 0 Å². The van der Waals surface area contributed by atoms with Gasteiger partial charge in [0.05, 0.1) is 18.1 Å². The Balaban J connectivity index is 1.90. The van der Waals surface area contributed by atoms with Crippen LogP contribution in [0, 0.1) is 10.1 Å². The van der Waals surface area contributed by atoms with Crippen molar-refractivity contribution >= 4 is 0 Å². The topological polar surface area (TPSA) is 86.3 Å². The Labute approximate surface area is 144 Å². The zero-order valence-electron chi connectivity index (χ0n) is 13.8. The van der Waals surface area contributed by atoms with Crippen molar-refractivity contribution in [2.24, 2.45) is 10.2 Å². The lowest BCUT2D eigenvalue weighted by Crippen LogP contribution is -2.52. The first kappa shape index (κ1) is 15.6. The Morgan fingerprint density at radius 2 is 1.92 bits per heavy atom. The molecular formula is C18H17N3O4. The van der Waals surface area contributed by atoms with E-state index in [1.807, 2.05) is 31.2 Å². The van der Waals surface area contributed by atoms with Crippen molar-refractivity contribution in [1.29, 1.82) is 0 Å². The maximum Gasteiger partial charge on any atom is 0.378 e. The molecule has 0 saturated heterocycles. The molecule has 2 aliphatic heterocycles. The molecule has 2 heterocycles. The molecule has 2 aromatic carbocycles. The first-order valence-electron chi connectivity index (χ1n) is 8.04. The molecule has 25 heavy (non-hydrogen) atoms. The fourth-order valence-corrected chi connectivity index (χ4v) is 3.77. The van der Waals surface area contributed by atoms with Crippen molar-refractivity contribution in [3.05, 3.63) is 69.8 Å². The van der Waals surface area contributed by atoms with Crippen LogP contribution in [0.15, 0.2) is 58.8 Å². The van der Waals surface area contributed by atoms with Crippen molar-refractivity contribution in [3.63, 3.8) is 0 Å². The lowest BCUT2D eigenvalue weighted by atomic mass is 9.75. The van der Waals surface area contributed by atoms with E-state index in [0.717, 1.165) is 5.56 Å². The minimum Gasteiger partial charge on any atom is -0.497 e. The van der Waals surface area contributed by atoms with E-state index in [2.05, 4.69) is 10.2 Å². The van der Waals surface area contributed by atoms with Crippen LogP contribution in [0.25, 0.3) is 0 Å². The minimum atomic E-state index is -1.66. The van der Waals surface area contributed by atoms with Gasteiger partial charge in [-0.2, -0.15) is 5.11 Å². The zero-order chi connectivity index (χ0) is 17.6. The molecule has 2 aromatic rings. The largest absolute Gasteiger partial charge is 0.497 e. The number of methoxy groups -OCH3 is 1. The summed E-state index contributed by atoms with van der Waals surface area (Å²) in [5, 5.41) is 20.5. The van der Waals surface area contributed by atoms with Gasteiger partial charge in [-0.1, -0.05) is 30.3 Å². The number of nitro groups is 1. The molecule has 2 aliphatic rings. The summed E-state index contributed by atoms with van der Waals surface area (Å²) in [6.45, 7) is 1.85. The van der Waals surface area contributed by atoms with Gasteiger partial charge in [0.2, 0.25) is 6.10 Å². The molecule has 0 bridgehead atoms. The number of nitrogens with zero attached hydrogens (tertiary/aromatic N) is 3. The normalized spacial score (nSPS) is 29.4. The summed E-state index contributed by atoms with van der Waals surface area (Å²) >= 11 is 0. The predicted octanol–water partition coefficient (Wildman–Crippen LogP) is 3.74. The summed E-state index contributed by atoms with van der Waals surface area (Å²) < 4.78 is 11.3. The molecular weight excluding hydrogens is 322 g/mol. The average molecular weight is 339 g/mol. The fourth-order valence-electron chi connectivity index (χ4n) is 3.77. The van der Waals surface area contributed by atoms with E-state index < -0.39 is 17.7 Å². The number of benzene rings is 2. The van der Waals surface area contributed by atoms with Crippen molar-refractivity contribution in [1.82, 2.24) is 0 Å². The van der Waals surface area contributed by atoms with Crippen molar-refractivity contribution < 1.29 is 14.4 Å². The standard InChI is InChI=1S/C18H17N3O4/c1-11-16-14-5-3-4-6-15(14)25-17(18(16,20-19-11)21(22)23)12-7-9-13(24-2)10-8-12/h3-11,16-17H,1-2H3/t11-,16-,17+,18+/m1/s1. The Bertz CT molecular complexity index is 852. The highest BCUT2D eigenvalue weighted by Gasteiger charge is 2.67. The molecule has 0 N–H and O–H groups in total. The molecule has 0 aliphatic carbocycles. The maximum atomic E-state index is 12.2. The summed E-state index contributed by atoms with van der Waals surface area (Å²) in [5.41, 5.74) is -0.214. The van der Waals surface area contributed by atoms with Crippen LogP contribution < -0.4 is 9.47 Å². The molecule has 0 spiro atoms. The number of hydrogen-bond donors (Lipinski definition) is 0. The average Bonchev–Trinajstić information content (AvgIpc) is 3.00. The molecule has 0 unspecified atom stereocenters. The SMILES string of the molecule is COc1ccc([C@@H]2Oc3ccccc3[C@H]3[C@@H](C)N=N[C@@]23[N+](=O)[O-])cc1. The predicted molar refractivity (Wildman–Crippen MR) is 89.6 cm³/mol. The van der Waals surface area contributed by atoms with E-state index in [0.29, 0.717) is 17.1 Å². The van der Waals surface area contributed by atoms with Crippen LogP contribution in [-0.4, -0.2) is 23.7 Å². The molecule has 4 rings (SSSR count). The number of fused-ring (bicyclic) bond motifs is 3. The van der Waals surface area contributed by atoms with Gasteiger partial charge < -0.3 is 9.47 Å². The summed E-state index contributed by atoms with van der Waals surface area (Å²) in [6, 6.07) is 14.2. The molecule has 0 aromatic heterocycles. The Kier molecular flexibility index (Phi) is 3.45. The van der Waals surface area contributed by atoms with Gasteiger partial charge in [-0.05, 0) is 25.1 Å². The second-order valence-electron chi connectivity index (χ2n) is 6.28. The molecule has 0 amide bonds. The third-order valence-electron chi connectivity index (χ3n) is 4.94. The van der Waals surface area contributed by atoms with Gasteiger partial charge >= 0.3 is 5.66 Å². The van der Waals surface area contributed by atoms with Gasteiger partial charge in [-0.25, -0.2) is 0 Å². The molecule has 0 radical (unpaired) electrons. The van der Waals surface area contributed by atoms with Crippen LogP contribution in [0.4, 0.5) is 0 Å². The Morgan fingerprint density at radius 1 is 1.20 bits per heavy atom. The van der Waals surface area contributed by atoms with Gasteiger partial charge in [-0.3, -0.25) is 10.1 Å². The van der Waals surface area contributed by atoms with E-state index in [-0.39, 0.29) is 11.0 Å². The van der Waals surface area contributed by atoms with Crippen LogP contribution in [0.5, 0.6) is 11.5 Å². The van der Waals surface area contributed by atoms with Crippen LogP contribution in [-0.2, 0) is 0 Å². The monoisotopic (exact) mass is 339 g/mol. The van der Waals surface area contributed by atoms with Crippen LogP contribution in [0.1, 0.15) is 30.1 Å². The van der Waals surface area contributed by atoms with Crippen molar-refractivity contribution in [2.75, 3.05) is 7.11 Å². The highest BCUT2D eigenvalue weighted by molar-refractivity contribution is 5.45. The first-order chi connectivity index (χ1) is 12.1. The first-order valence-corrected chi connectivity index (χ1v) is 8.04. The molecule has 7 nitrogen and oxygen atoms in total. The minimum absolute atomic E-state index is 0.295. The molecule has 4 atom stereocenters. The lowest BCUT2D eigenvalue weighted by molar-refractivity contribution is -0.586. The number of para-hydroxylation sites is 1. The zero-order valence-corrected chi connectivity index (χ0v) is 13.8. The number of azo groups is 1. The van der Waals surface area contributed by atoms with Crippen molar-refractivity contribution in [2.45, 2.75) is 30.7 Å². The summed E-state index contributed by atoms with van der Waals surface area (Å²) in [5.74, 6) is 0.845. The maximum absolute atomic E-state index is 12.2. The van der Waals surface area contributed by atoms with Gasteiger partial charge in [-0.15, -0.1) is 5.11 Å². The van der Waals surface area contributed by atoms with Crippen LogP contribution >= 0.6 is 0 Å². The second kappa shape index (κ2) is 5.54.